The number of benzene rings is 3. The van der Waals surface area contributed by atoms with Crippen molar-refractivity contribution < 1.29 is 31.0 Å². The molecule has 0 aliphatic carbocycles. The Morgan fingerprint density at radius 2 is 1.12 bits per heavy atom. The average Bonchev–Trinajstić information content (AvgIpc) is 3.75. The molecule has 3 N–H and O–H groups in total. The molecule has 2 aromatic heterocycles. The van der Waals surface area contributed by atoms with Crippen LogP contribution in [-0.2, 0) is 22.5 Å². The van der Waals surface area contributed by atoms with Gasteiger partial charge in [-0.05, 0) is 87.2 Å². The fraction of sp³-hybridized carbons (Fsp3) is 0.476. The van der Waals surface area contributed by atoms with E-state index in [1.165, 1.54) is 56.0 Å². The van der Waals surface area contributed by atoms with Gasteiger partial charge in [0.1, 0.15) is 0 Å². The van der Waals surface area contributed by atoms with E-state index in [0.29, 0.717) is 77.1 Å². The summed E-state index contributed by atoms with van der Waals surface area (Å²) in [7, 11) is 0. The van der Waals surface area contributed by atoms with Crippen molar-refractivity contribution in [3.8, 4) is 40.3 Å². The Labute approximate surface area is 342 Å². The number of rotatable bonds is 27. The second-order valence-electron chi connectivity index (χ2n) is 14.0. The first-order chi connectivity index (χ1) is 27.7. The SMILES string of the molecule is CCCCCCCCOc1ccc(C)cc1OS(=O)Nc1cc(NS(=O)Oc2cc(C)ccc2OCCCCCCCC)cc(-c2nc3cc(OCC)nn3[nH]2)c1. The van der Waals surface area contributed by atoms with Gasteiger partial charge in [0.15, 0.2) is 34.5 Å². The van der Waals surface area contributed by atoms with Crippen molar-refractivity contribution in [1.82, 2.24) is 19.8 Å². The van der Waals surface area contributed by atoms with Crippen molar-refractivity contribution in [2.24, 2.45) is 0 Å². The van der Waals surface area contributed by atoms with Crippen LogP contribution < -0.4 is 32.0 Å². The third kappa shape index (κ3) is 14.0. The predicted octanol–water partition coefficient (Wildman–Crippen LogP) is 10.4. The molecule has 0 bridgehead atoms. The molecule has 13 nitrogen and oxygen atoms in total. The number of H-pyrrole nitrogens is 1. The van der Waals surface area contributed by atoms with E-state index >= 15 is 0 Å². The zero-order chi connectivity index (χ0) is 40.4. The zero-order valence-corrected chi connectivity index (χ0v) is 35.5. The van der Waals surface area contributed by atoms with E-state index in [4.69, 9.17) is 22.6 Å². The number of unbranched alkanes of at least 4 members (excludes halogenated alkanes) is 10. The minimum absolute atomic E-state index is 0.362. The van der Waals surface area contributed by atoms with Crippen LogP contribution >= 0.6 is 0 Å². The van der Waals surface area contributed by atoms with Crippen LogP contribution in [0.15, 0.2) is 60.7 Å². The van der Waals surface area contributed by atoms with E-state index in [1.54, 1.807) is 36.4 Å². The largest absolute Gasteiger partial charge is 0.490 e. The van der Waals surface area contributed by atoms with Crippen LogP contribution in [0.4, 0.5) is 11.4 Å². The van der Waals surface area contributed by atoms with Crippen LogP contribution in [0.3, 0.4) is 0 Å². The van der Waals surface area contributed by atoms with Gasteiger partial charge in [0.2, 0.25) is 5.88 Å². The molecule has 0 fully saturated rings. The molecule has 2 unspecified atom stereocenters. The standard InChI is InChI=1S/C42H58N6O7S2/c1-6-9-11-13-15-17-23-52-36-21-19-31(4)25-38(36)54-56(49)46-34-27-33(42-43-40-30-41(51-8-3)44-48(40)45-42)28-35(29-34)47-57(50)55-39-26-32(5)20-22-37(39)53-24-18-16-14-12-10-7-2/h19-22,25-30,46-47H,6-18,23-24H2,1-5H3,(H,43,45). The van der Waals surface area contributed by atoms with Crippen LogP contribution in [0.5, 0.6) is 28.9 Å². The summed E-state index contributed by atoms with van der Waals surface area (Å²) in [6, 6.07) is 18.0. The van der Waals surface area contributed by atoms with Crippen LogP contribution in [0.1, 0.15) is 109 Å². The zero-order valence-electron chi connectivity index (χ0n) is 33.9. The highest BCUT2D eigenvalue weighted by Gasteiger charge is 2.17. The van der Waals surface area contributed by atoms with Crippen LogP contribution in [-0.4, -0.2) is 48.0 Å². The van der Waals surface area contributed by atoms with Gasteiger partial charge >= 0.3 is 22.5 Å². The molecule has 0 saturated heterocycles. The van der Waals surface area contributed by atoms with E-state index in [2.05, 4.69) is 38.5 Å². The molecule has 3 aromatic carbocycles. The van der Waals surface area contributed by atoms with Gasteiger partial charge in [-0.1, -0.05) is 90.2 Å². The Bertz CT molecular complexity index is 1920. The van der Waals surface area contributed by atoms with Gasteiger partial charge in [-0.25, -0.2) is 4.98 Å². The van der Waals surface area contributed by atoms with Crippen LogP contribution in [0.2, 0.25) is 0 Å². The fourth-order valence-corrected chi connectivity index (χ4v) is 7.40. The predicted molar refractivity (Wildman–Crippen MR) is 229 cm³/mol. The number of aromatic amines is 1. The molecule has 0 spiro atoms. The molecule has 57 heavy (non-hydrogen) atoms. The molecule has 0 aliphatic rings. The molecule has 15 heteroatoms. The number of ether oxygens (including phenoxy) is 3. The number of aryl methyl sites for hydroxylation is 2. The van der Waals surface area contributed by atoms with Crippen molar-refractivity contribution in [3.05, 3.63) is 71.8 Å². The number of hydrogen-bond donors (Lipinski definition) is 3. The molecule has 310 valence electrons. The third-order valence-electron chi connectivity index (χ3n) is 9.05. The summed E-state index contributed by atoms with van der Waals surface area (Å²) in [6.07, 6.45) is 13.7. The van der Waals surface area contributed by atoms with Gasteiger partial charge in [0.25, 0.3) is 0 Å². The first kappa shape index (κ1) is 43.4. The molecule has 0 aliphatic heterocycles. The maximum absolute atomic E-state index is 13.5. The number of aromatic nitrogens is 4. The lowest BCUT2D eigenvalue weighted by molar-refractivity contribution is 0.296. The molecule has 2 atom stereocenters. The van der Waals surface area contributed by atoms with E-state index in [1.807, 2.05) is 45.0 Å². The van der Waals surface area contributed by atoms with E-state index in [9.17, 15) is 8.42 Å². The lowest BCUT2D eigenvalue weighted by Gasteiger charge is -2.15. The number of nitrogens with one attached hydrogen (secondary N) is 3. The normalized spacial score (nSPS) is 12.3. The molecule has 0 amide bonds. The summed E-state index contributed by atoms with van der Waals surface area (Å²) in [5.41, 5.74) is 3.79. The van der Waals surface area contributed by atoms with Crippen molar-refractivity contribution in [1.29, 1.82) is 0 Å². The van der Waals surface area contributed by atoms with Crippen molar-refractivity contribution in [3.63, 3.8) is 0 Å². The number of hydrogen-bond acceptors (Lipinski definition) is 9. The van der Waals surface area contributed by atoms with Gasteiger partial charge in [0.05, 0.1) is 31.2 Å². The van der Waals surface area contributed by atoms with Gasteiger partial charge in [-0.3, -0.25) is 14.5 Å². The maximum Gasteiger partial charge on any atom is 0.316 e. The van der Waals surface area contributed by atoms with Crippen LogP contribution in [0.25, 0.3) is 17.0 Å². The second kappa shape index (κ2) is 22.8. The molecule has 5 rings (SSSR count). The lowest BCUT2D eigenvalue weighted by Crippen LogP contribution is -2.14. The monoisotopic (exact) mass is 822 g/mol. The van der Waals surface area contributed by atoms with Gasteiger partial charge in [-0.2, -0.15) is 13.0 Å². The maximum atomic E-state index is 13.5. The molecule has 0 radical (unpaired) electrons. The van der Waals surface area contributed by atoms with Crippen molar-refractivity contribution in [2.75, 3.05) is 29.3 Å². The van der Waals surface area contributed by atoms with Gasteiger partial charge in [0, 0.05) is 11.6 Å². The Balaban J connectivity index is 1.31. The summed E-state index contributed by atoms with van der Waals surface area (Å²) >= 11 is -4.08. The smallest absolute Gasteiger partial charge is 0.316 e. The lowest BCUT2D eigenvalue weighted by atomic mass is 10.1. The number of fused-ring (bicyclic) bond motifs is 1. The average molecular weight is 823 g/mol. The summed E-state index contributed by atoms with van der Waals surface area (Å²) in [4.78, 5) is 4.68. The minimum Gasteiger partial charge on any atom is -0.490 e. The van der Waals surface area contributed by atoms with Crippen LogP contribution in [0, 0.1) is 13.8 Å². The summed E-state index contributed by atoms with van der Waals surface area (Å²) in [5, 5.41) is 7.53. The first-order valence-corrected chi connectivity index (χ1v) is 22.3. The highest BCUT2D eigenvalue weighted by molar-refractivity contribution is 7.82. The Kier molecular flexibility index (Phi) is 17.4. The number of nitrogens with zero attached hydrogens (tertiary/aromatic N) is 3. The summed E-state index contributed by atoms with van der Waals surface area (Å²) in [5.74, 6) is 2.66. The van der Waals surface area contributed by atoms with E-state index < -0.39 is 22.5 Å². The van der Waals surface area contributed by atoms with E-state index in [-0.39, 0.29) is 0 Å². The van der Waals surface area contributed by atoms with Gasteiger partial charge in [-0.15, -0.1) is 5.10 Å². The highest BCUT2D eigenvalue weighted by atomic mass is 32.2. The van der Waals surface area contributed by atoms with Crippen molar-refractivity contribution in [2.45, 2.75) is 112 Å². The quantitative estimate of drug-likeness (QED) is 0.0440. The molecule has 2 heterocycles. The van der Waals surface area contributed by atoms with Gasteiger partial charge < -0.3 is 22.6 Å². The van der Waals surface area contributed by atoms with E-state index in [0.717, 1.165) is 36.8 Å². The second-order valence-corrected chi connectivity index (χ2v) is 15.7. The van der Waals surface area contributed by atoms with Crippen molar-refractivity contribution >= 4 is 39.6 Å². The minimum atomic E-state index is -2.04. The molecular weight excluding hydrogens is 765 g/mol. The fourth-order valence-electron chi connectivity index (χ4n) is 6.11. The molecular formula is C42H58N6O7S2. The first-order valence-electron chi connectivity index (χ1n) is 20.2. The molecule has 5 aromatic rings. The topological polar surface area (TPSA) is 150 Å². The number of anilines is 2. The third-order valence-corrected chi connectivity index (χ3v) is 10.5. The Morgan fingerprint density at radius 3 is 1.61 bits per heavy atom. The summed E-state index contributed by atoms with van der Waals surface area (Å²) in [6.45, 7) is 11.7. The Morgan fingerprint density at radius 1 is 0.614 bits per heavy atom. The summed E-state index contributed by atoms with van der Waals surface area (Å²) < 4.78 is 63.9. The highest BCUT2D eigenvalue weighted by Crippen LogP contribution is 2.33. The molecule has 0 saturated carbocycles. The Hall–Kier alpha value is -4.76.